The van der Waals surface area contributed by atoms with Crippen molar-refractivity contribution in [1.29, 1.82) is 0 Å². The molecule has 0 aliphatic carbocycles. The summed E-state index contributed by atoms with van der Waals surface area (Å²) in [6, 6.07) is 9.79. The second-order valence-electron chi connectivity index (χ2n) is 4.77. The molecule has 102 valence electrons. The normalized spacial score (nSPS) is 12.5. The summed E-state index contributed by atoms with van der Waals surface area (Å²) in [6.45, 7) is 2.19. The van der Waals surface area contributed by atoms with Gasteiger partial charge >= 0.3 is 0 Å². The van der Waals surface area contributed by atoms with E-state index in [0.29, 0.717) is 0 Å². The molecule has 0 amide bonds. The number of aliphatic hydroxyl groups excluding tert-OH is 1. The van der Waals surface area contributed by atoms with E-state index >= 15 is 0 Å². The summed E-state index contributed by atoms with van der Waals surface area (Å²) in [4.78, 5) is 0. The Balaban J connectivity index is 2.03. The van der Waals surface area contributed by atoms with Crippen molar-refractivity contribution in [3.8, 4) is 5.69 Å². The van der Waals surface area contributed by atoms with Gasteiger partial charge in [-0.05, 0) is 18.6 Å². The third-order valence-corrected chi connectivity index (χ3v) is 3.25. The molecule has 1 unspecified atom stereocenters. The Labute approximate surface area is 114 Å². The summed E-state index contributed by atoms with van der Waals surface area (Å²) in [5.41, 5.74) is 1.70. The number of rotatable bonds is 7. The molecule has 4 nitrogen and oxygen atoms in total. The van der Waals surface area contributed by atoms with Gasteiger partial charge < -0.3 is 5.11 Å². The van der Waals surface area contributed by atoms with Gasteiger partial charge in [0.2, 0.25) is 0 Å². The monoisotopic (exact) mass is 259 g/mol. The Bertz CT molecular complexity index is 481. The van der Waals surface area contributed by atoms with Gasteiger partial charge in [0.15, 0.2) is 0 Å². The van der Waals surface area contributed by atoms with Gasteiger partial charge in [0, 0.05) is 0 Å². The quantitative estimate of drug-likeness (QED) is 0.776. The zero-order valence-electron chi connectivity index (χ0n) is 11.4. The van der Waals surface area contributed by atoms with Crippen LogP contribution in [0.15, 0.2) is 36.5 Å². The molecule has 19 heavy (non-hydrogen) atoms. The predicted molar refractivity (Wildman–Crippen MR) is 75.1 cm³/mol. The summed E-state index contributed by atoms with van der Waals surface area (Å²) in [7, 11) is 0. The van der Waals surface area contributed by atoms with Crippen molar-refractivity contribution in [3.63, 3.8) is 0 Å². The summed E-state index contributed by atoms with van der Waals surface area (Å²) >= 11 is 0. The maximum atomic E-state index is 10.3. The fourth-order valence-electron chi connectivity index (χ4n) is 2.15. The predicted octanol–water partition coefficient (Wildman–Crippen LogP) is 3.27. The standard InChI is InChI=1S/C15H21N3O/c1-2-3-4-8-11-15(19)14-12-16-17-18(14)13-9-6-5-7-10-13/h5-7,9-10,12,15,19H,2-4,8,11H2,1H3. The average molecular weight is 259 g/mol. The Morgan fingerprint density at radius 3 is 2.68 bits per heavy atom. The van der Waals surface area contributed by atoms with Gasteiger partial charge in [-0.2, -0.15) is 0 Å². The highest BCUT2D eigenvalue weighted by atomic mass is 16.3. The van der Waals surface area contributed by atoms with E-state index in [9.17, 15) is 5.11 Å². The van der Waals surface area contributed by atoms with E-state index in [1.807, 2.05) is 30.3 Å². The maximum Gasteiger partial charge on any atom is 0.0977 e. The van der Waals surface area contributed by atoms with E-state index in [4.69, 9.17) is 0 Å². The van der Waals surface area contributed by atoms with Crippen molar-refractivity contribution in [2.45, 2.75) is 45.1 Å². The highest BCUT2D eigenvalue weighted by Crippen LogP contribution is 2.21. The van der Waals surface area contributed by atoms with Crippen molar-refractivity contribution in [1.82, 2.24) is 15.0 Å². The minimum absolute atomic E-state index is 0.493. The van der Waals surface area contributed by atoms with Crippen molar-refractivity contribution in [3.05, 3.63) is 42.2 Å². The molecule has 4 heteroatoms. The van der Waals surface area contributed by atoms with Crippen molar-refractivity contribution >= 4 is 0 Å². The first-order chi connectivity index (χ1) is 9.33. The fraction of sp³-hybridized carbons (Fsp3) is 0.467. The smallest absolute Gasteiger partial charge is 0.0977 e. The Kier molecular flexibility index (Phi) is 5.10. The number of benzene rings is 1. The lowest BCUT2D eigenvalue weighted by Gasteiger charge is -2.12. The third-order valence-electron chi connectivity index (χ3n) is 3.25. The van der Waals surface area contributed by atoms with E-state index in [-0.39, 0.29) is 0 Å². The maximum absolute atomic E-state index is 10.3. The van der Waals surface area contributed by atoms with Crippen LogP contribution >= 0.6 is 0 Å². The van der Waals surface area contributed by atoms with Crippen molar-refractivity contribution in [2.75, 3.05) is 0 Å². The molecule has 0 bridgehead atoms. The molecule has 1 aromatic heterocycles. The van der Waals surface area contributed by atoms with Crippen molar-refractivity contribution < 1.29 is 5.11 Å². The van der Waals surface area contributed by atoms with Crippen LogP contribution in [0.25, 0.3) is 5.69 Å². The summed E-state index contributed by atoms with van der Waals surface area (Å²) in [6.07, 6.45) is 6.56. The lowest BCUT2D eigenvalue weighted by Crippen LogP contribution is -2.07. The van der Waals surface area contributed by atoms with Crippen LogP contribution in [0.3, 0.4) is 0 Å². The van der Waals surface area contributed by atoms with Gasteiger partial charge in [0.1, 0.15) is 0 Å². The lowest BCUT2D eigenvalue weighted by molar-refractivity contribution is 0.156. The molecule has 1 atom stereocenters. The van der Waals surface area contributed by atoms with Gasteiger partial charge in [-0.15, -0.1) is 5.10 Å². The molecule has 0 spiro atoms. The van der Waals surface area contributed by atoms with E-state index in [1.54, 1.807) is 10.9 Å². The van der Waals surface area contributed by atoms with Crippen LogP contribution in [0.4, 0.5) is 0 Å². The first-order valence-electron chi connectivity index (χ1n) is 6.97. The molecule has 0 radical (unpaired) electrons. The van der Waals surface area contributed by atoms with Crippen LogP contribution in [0.2, 0.25) is 0 Å². The van der Waals surface area contributed by atoms with E-state index < -0.39 is 6.10 Å². The minimum atomic E-state index is -0.493. The molecule has 0 fully saturated rings. The van der Waals surface area contributed by atoms with Crippen LogP contribution in [0.5, 0.6) is 0 Å². The zero-order valence-corrected chi connectivity index (χ0v) is 11.4. The zero-order chi connectivity index (χ0) is 13.5. The topological polar surface area (TPSA) is 50.9 Å². The van der Waals surface area contributed by atoms with E-state index in [2.05, 4.69) is 17.2 Å². The molecule has 0 saturated heterocycles. The lowest BCUT2D eigenvalue weighted by atomic mass is 10.1. The SMILES string of the molecule is CCCCCCC(O)c1cnnn1-c1ccccc1. The van der Waals surface area contributed by atoms with E-state index in [1.165, 1.54) is 19.3 Å². The average Bonchev–Trinajstić information content (AvgIpc) is 2.94. The highest BCUT2D eigenvalue weighted by Gasteiger charge is 2.14. The molecule has 2 aromatic rings. The van der Waals surface area contributed by atoms with Crippen molar-refractivity contribution in [2.24, 2.45) is 0 Å². The molecule has 0 saturated carbocycles. The number of aromatic nitrogens is 3. The van der Waals surface area contributed by atoms with Crippen LogP contribution in [-0.4, -0.2) is 20.1 Å². The van der Waals surface area contributed by atoms with Gasteiger partial charge in [-0.1, -0.05) is 56.0 Å². The fourth-order valence-corrected chi connectivity index (χ4v) is 2.15. The third kappa shape index (κ3) is 3.64. The number of aliphatic hydroxyl groups is 1. The Morgan fingerprint density at radius 2 is 1.95 bits per heavy atom. The van der Waals surface area contributed by atoms with Gasteiger partial charge in [-0.25, -0.2) is 4.68 Å². The number of hydrogen-bond acceptors (Lipinski definition) is 3. The molecular weight excluding hydrogens is 238 g/mol. The minimum Gasteiger partial charge on any atom is -0.387 e. The molecule has 0 aliphatic heterocycles. The summed E-state index contributed by atoms with van der Waals surface area (Å²) in [5.74, 6) is 0. The van der Waals surface area contributed by atoms with Crippen LogP contribution in [0.1, 0.15) is 50.8 Å². The van der Waals surface area contributed by atoms with Crippen LogP contribution in [-0.2, 0) is 0 Å². The van der Waals surface area contributed by atoms with Crippen LogP contribution < -0.4 is 0 Å². The Morgan fingerprint density at radius 1 is 1.16 bits per heavy atom. The second kappa shape index (κ2) is 7.04. The number of para-hydroxylation sites is 1. The molecular formula is C15H21N3O. The molecule has 1 aromatic carbocycles. The highest BCUT2D eigenvalue weighted by molar-refractivity contribution is 5.31. The summed E-state index contributed by atoms with van der Waals surface area (Å²) in [5, 5.41) is 18.2. The molecule has 0 aliphatic rings. The Hall–Kier alpha value is -1.68. The summed E-state index contributed by atoms with van der Waals surface area (Å²) < 4.78 is 1.71. The van der Waals surface area contributed by atoms with Gasteiger partial charge in [-0.3, -0.25) is 0 Å². The molecule has 2 rings (SSSR count). The van der Waals surface area contributed by atoms with Gasteiger partial charge in [0.05, 0.1) is 23.7 Å². The molecule has 1 heterocycles. The first kappa shape index (κ1) is 13.7. The van der Waals surface area contributed by atoms with Crippen LogP contribution in [0, 0.1) is 0 Å². The van der Waals surface area contributed by atoms with E-state index in [0.717, 1.165) is 24.2 Å². The first-order valence-corrected chi connectivity index (χ1v) is 6.97. The number of unbranched alkanes of at least 4 members (excludes halogenated alkanes) is 3. The van der Waals surface area contributed by atoms with Gasteiger partial charge in [0.25, 0.3) is 0 Å². The number of hydrogen-bond donors (Lipinski definition) is 1. The molecule has 1 N–H and O–H groups in total. The largest absolute Gasteiger partial charge is 0.387 e. The number of nitrogens with zero attached hydrogens (tertiary/aromatic N) is 3. The second-order valence-corrected chi connectivity index (χ2v) is 4.77.